The Morgan fingerprint density at radius 1 is 1.27 bits per heavy atom. The largest absolute Gasteiger partial charge is 0.393 e. The van der Waals surface area contributed by atoms with Gasteiger partial charge in [0.05, 0.1) is 18.6 Å². The Labute approximate surface area is 155 Å². The summed E-state index contributed by atoms with van der Waals surface area (Å²) in [6.45, 7) is 0.0309. The van der Waals surface area contributed by atoms with Crippen molar-refractivity contribution < 1.29 is 33.3 Å². The van der Waals surface area contributed by atoms with Gasteiger partial charge in [0.25, 0.3) is 5.91 Å². The lowest BCUT2D eigenvalue weighted by Crippen LogP contribution is -2.53. The summed E-state index contributed by atoms with van der Waals surface area (Å²) in [4.78, 5) is 13.3. The average Bonchev–Trinajstić information content (AvgIpc) is 2.60. The standard InChI is InChI=1S/C16H26ClF3N2O4/c17-11-5-9(12(24)6-10(11)16(18,19)20)14(21)8-1-3-22(4-2-8)15(26)13(25)7-23/h8-14,23-25H,1-7,21H2/t9?,10?,11?,12?,13-,14-/m1/s1. The van der Waals surface area contributed by atoms with Crippen LogP contribution in [0, 0.1) is 17.8 Å². The van der Waals surface area contributed by atoms with Gasteiger partial charge in [0.1, 0.15) is 0 Å². The van der Waals surface area contributed by atoms with Crippen molar-refractivity contribution in [3.8, 4) is 0 Å². The molecule has 152 valence electrons. The number of piperidine rings is 1. The predicted octanol–water partition coefficient (Wildman–Crippen LogP) is 0.462. The van der Waals surface area contributed by atoms with E-state index in [2.05, 4.69) is 0 Å². The molecule has 0 aromatic carbocycles. The van der Waals surface area contributed by atoms with Crippen LogP contribution in [0.15, 0.2) is 0 Å². The Hall–Kier alpha value is -0.610. The zero-order valence-electron chi connectivity index (χ0n) is 14.3. The van der Waals surface area contributed by atoms with Gasteiger partial charge < -0.3 is 26.0 Å². The highest BCUT2D eigenvalue weighted by molar-refractivity contribution is 6.20. The van der Waals surface area contributed by atoms with Gasteiger partial charge in [-0.2, -0.15) is 13.2 Å². The Kier molecular flexibility index (Phi) is 7.17. The van der Waals surface area contributed by atoms with Crippen molar-refractivity contribution in [1.29, 1.82) is 0 Å². The zero-order valence-corrected chi connectivity index (χ0v) is 15.0. The molecule has 0 aromatic rings. The van der Waals surface area contributed by atoms with Crippen molar-refractivity contribution in [2.75, 3.05) is 19.7 Å². The molecule has 1 saturated carbocycles. The highest BCUT2D eigenvalue weighted by atomic mass is 35.5. The third-order valence-corrected chi connectivity index (χ3v) is 6.17. The first-order valence-corrected chi connectivity index (χ1v) is 9.22. The number of alkyl halides is 4. The normalized spacial score (nSPS) is 33.8. The first-order valence-electron chi connectivity index (χ1n) is 8.78. The molecular weight excluding hydrogens is 377 g/mol. The van der Waals surface area contributed by atoms with Crippen LogP contribution in [0.1, 0.15) is 25.7 Å². The summed E-state index contributed by atoms with van der Waals surface area (Å²) < 4.78 is 38.9. The molecule has 1 saturated heterocycles. The minimum Gasteiger partial charge on any atom is -0.393 e. The molecule has 1 aliphatic carbocycles. The predicted molar refractivity (Wildman–Crippen MR) is 88.3 cm³/mol. The van der Waals surface area contributed by atoms with Crippen LogP contribution in [0.25, 0.3) is 0 Å². The Morgan fingerprint density at radius 2 is 1.85 bits per heavy atom. The highest BCUT2D eigenvalue weighted by Gasteiger charge is 2.51. The maximum atomic E-state index is 13.0. The Morgan fingerprint density at radius 3 is 2.35 bits per heavy atom. The van der Waals surface area contributed by atoms with Crippen LogP contribution >= 0.6 is 11.6 Å². The second-order valence-corrected chi connectivity index (χ2v) is 7.87. The molecule has 5 N–H and O–H groups in total. The minimum atomic E-state index is -4.44. The summed E-state index contributed by atoms with van der Waals surface area (Å²) in [5.74, 6) is -2.87. The number of hydrogen-bond acceptors (Lipinski definition) is 5. The number of nitrogens with zero attached hydrogens (tertiary/aromatic N) is 1. The van der Waals surface area contributed by atoms with Crippen molar-refractivity contribution in [3.63, 3.8) is 0 Å². The molecular formula is C16H26ClF3N2O4. The number of carbonyl (C=O) groups is 1. The molecule has 6 atom stereocenters. The number of nitrogens with two attached hydrogens (primary N) is 1. The van der Waals surface area contributed by atoms with Crippen LogP contribution in [0.5, 0.6) is 0 Å². The molecule has 10 heteroatoms. The van der Waals surface area contributed by atoms with Gasteiger partial charge in [-0.1, -0.05) is 0 Å². The summed E-state index contributed by atoms with van der Waals surface area (Å²) in [5, 5.41) is 27.3. The molecule has 4 unspecified atom stereocenters. The van der Waals surface area contributed by atoms with E-state index in [4.69, 9.17) is 22.4 Å². The van der Waals surface area contributed by atoms with Gasteiger partial charge in [-0.15, -0.1) is 11.6 Å². The van der Waals surface area contributed by atoms with E-state index in [9.17, 15) is 28.2 Å². The van der Waals surface area contributed by atoms with Crippen molar-refractivity contribution in [2.24, 2.45) is 23.5 Å². The van der Waals surface area contributed by atoms with E-state index >= 15 is 0 Å². The maximum Gasteiger partial charge on any atom is 0.393 e. The fourth-order valence-electron chi connectivity index (χ4n) is 4.06. The van der Waals surface area contributed by atoms with Gasteiger partial charge in [0.15, 0.2) is 6.10 Å². The number of aliphatic hydroxyl groups excluding tert-OH is 3. The quantitative estimate of drug-likeness (QED) is 0.511. The van der Waals surface area contributed by atoms with E-state index in [0.29, 0.717) is 25.9 Å². The number of carbonyl (C=O) groups excluding carboxylic acids is 1. The van der Waals surface area contributed by atoms with Gasteiger partial charge in [0.2, 0.25) is 0 Å². The molecule has 0 aromatic heterocycles. The smallest absolute Gasteiger partial charge is 0.393 e. The van der Waals surface area contributed by atoms with Crippen LogP contribution < -0.4 is 5.73 Å². The van der Waals surface area contributed by atoms with Gasteiger partial charge in [-0.05, 0) is 31.6 Å². The van der Waals surface area contributed by atoms with Gasteiger partial charge in [-0.25, -0.2) is 0 Å². The number of amides is 1. The summed E-state index contributed by atoms with van der Waals surface area (Å²) in [6.07, 6.45) is -6.47. The number of aliphatic hydroxyl groups is 3. The molecule has 1 amide bonds. The number of rotatable bonds is 4. The summed E-state index contributed by atoms with van der Waals surface area (Å²) >= 11 is 5.93. The van der Waals surface area contributed by atoms with Crippen molar-refractivity contribution in [2.45, 2.75) is 55.5 Å². The van der Waals surface area contributed by atoms with Gasteiger partial charge >= 0.3 is 6.18 Å². The molecule has 1 aliphatic heterocycles. The zero-order chi connectivity index (χ0) is 19.6. The SMILES string of the molecule is N[C@H](C1CCN(C(=O)[C@H](O)CO)CC1)C1CC(Cl)C(C(F)(F)F)CC1O. The topological polar surface area (TPSA) is 107 Å². The molecule has 1 heterocycles. The minimum absolute atomic E-state index is 0.00353. The van der Waals surface area contributed by atoms with E-state index in [1.807, 2.05) is 0 Å². The summed E-state index contributed by atoms with van der Waals surface area (Å²) in [6, 6.07) is -0.513. The number of hydrogen-bond donors (Lipinski definition) is 4. The molecule has 2 aliphatic rings. The molecule has 2 rings (SSSR count). The highest BCUT2D eigenvalue weighted by Crippen LogP contribution is 2.44. The average molecular weight is 403 g/mol. The Bertz CT molecular complexity index is 489. The molecule has 0 bridgehead atoms. The molecule has 2 fully saturated rings. The van der Waals surface area contributed by atoms with Gasteiger partial charge in [-0.3, -0.25) is 4.79 Å². The van der Waals surface area contributed by atoms with Crippen LogP contribution in [0.4, 0.5) is 13.2 Å². The van der Waals surface area contributed by atoms with Crippen LogP contribution in [-0.2, 0) is 4.79 Å². The van der Waals surface area contributed by atoms with E-state index in [1.54, 1.807) is 0 Å². The second kappa shape index (κ2) is 8.60. The first-order chi connectivity index (χ1) is 12.1. The number of likely N-dealkylation sites (tertiary alicyclic amines) is 1. The lowest BCUT2D eigenvalue weighted by molar-refractivity contribution is -0.193. The maximum absolute atomic E-state index is 13.0. The summed E-state index contributed by atoms with van der Waals surface area (Å²) in [5.41, 5.74) is 6.25. The van der Waals surface area contributed by atoms with Crippen molar-refractivity contribution in [3.05, 3.63) is 0 Å². The number of halogens is 4. The van der Waals surface area contributed by atoms with Crippen molar-refractivity contribution in [1.82, 2.24) is 4.90 Å². The van der Waals surface area contributed by atoms with E-state index in [0.717, 1.165) is 0 Å². The van der Waals surface area contributed by atoms with Crippen LogP contribution in [-0.4, -0.2) is 75.6 Å². The monoisotopic (exact) mass is 402 g/mol. The molecule has 6 nitrogen and oxygen atoms in total. The first kappa shape index (κ1) is 21.7. The lowest BCUT2D eigenvalue weighted by atomic mass is 9.71. The van der Waals surface area contributed by atoms with Crippen LogP contribution in [0.3, 0.4) is 0 Å². The Balaban J connectivity index is 1.92. The third-order valence-electron chi connectivity index (χ3n) is 5.69. The van der Waals surface area contributed by atoms with Gasteiger partial charge in [0, 0.05) is 30.4 Å². The molecule has 0 radical (unpaired) electrons. The van der Waals surface area contributed by atoms with E-state index < -0.39 is 60.6 Å². The third kappa shape index (κ3) is 4.81. The fourth-order valence-corrected chi connectivity index (χ4v) is 4.51. The van der Waals surface area contributed by atoms with Crippen molar-refractivity contribution >= 4 is 17.5 Å². The van der Waals surface area contributed by atoms with Crippen LogP contribution in [0.2, 0.25) is 0 Å². The van der Waals surface area contributed by atoms with E-state index in [1.165, 1.54) is 4.90 Å². The second-order valence-electron chi connectivity index (χ2n) is 7.31. The fraction of sp³-hybridized carbons (Fsp3) is 0.938. The molecule has 0 spiro atoms. The summed E-state index contributed by atoms with van der Waals surface area (Å²) in [7, 11) is 0. The lowest BCUT2D eigenvalue weighted by Gasteiger charge is -2.44. The molecule has 26 heavy (non-hydrogen) atoms. The van der Waals surface area contributed by atoms with E-state index in [-0.39, 0.29) is 12.3 Å².